The molecule has 0 unspecified atom stereocenters. The molecule has 1 amide bonds. The second kappa shape index (κ2) is 7.80. The Kier molecular flexibility index (Phi) is 5.06. The zero-order valence-corrected chi connectivity index (χ0v) is 15.5. The maximum absolute atomic E-state index is 12.7. The molecule has 7 nitrogen and oxygen atoms in total. The molecule has 2 aromatic carbocycles. The molecule has 0 radical (unpaired) electrons. The number of cyclic esters (lactones) is 1. The molecule has 1 saturated heterocycles. The number of carbonyl (C=O) groups excluding carboxylic acids is 2. The number of hydrogen-bond acceptors (Lipinski definition) is 6. The van der Waals surface area contributed by atoms with Crippen LogP contribution in [0.5, 0.6) is 17.2 Å². The highest BCUT2D eigenvalue weighted by atomic mass is 16.6. The van der Waals surface area contributed by atoms with E-state index in [2.05, 4.69) is 5.32 Å². The molecule has 0 saturated carbocycles. The molecule has 2 heterocycles. The van der Waals surface area contributed by atoms with Gasteiger partial charge in [-0.3, -0.25) is 9.59 Å². The Morgan fingerprint density at radius 1 is 1.11 bits per heavy atom. The standard InChI is InChI=1S/C21H21NO6/c1-25-15-5-2-13(3-6-15)12-22-21(24)16-11-19(23)28-20(16)14-4-7-17-18(10-14)27-9-8-26-17/h2-7,10,16,20H,8-9,11-12H2,1H3,(H,22,24)/t16-,20+/m1/s1. The van der Waals surface area contributed by atoms with E-state index in [1.807, 2.05) is 24.3 Å². The third-order valence-electron chi connectivity index (χ3n) is 4.87. The van der Waals surface area contributed by atoms with E-state index < -0.39 is 12.0 Å². The number of carbonyl (C=O) groups is 2. The zero-order valence-electron chi connectivity index (χ0n) is 15.5. The molecule has 1 fully saturated rings. The summed E-state index contributed by atoms with van der Waals surface area (Å²) in [4.78, 5) is 24.6. The number of esters is 1. The van der Waals surface area contributed by atoms with Gasteiger partial charge < -0.3 is 24.3 Å². The van der Waals surface area contributed by atoms with Crippen molar-refractivity contribution >= 4 is 11.9 Å². The second-order valence-corrected chi connectivity index (χ2v) is 6.69. The molecule has 2 aliphatic rings. The number of amides is 1. The van der Waals surface area contributed by atoms with Crippen LogP contribution in [0.1, 0.15) is 23.7 Å². The van der Waals surface area contributed by atoms with Crippen molar-refractivity contribution in [3.05, 3.63) is 53.6 Å². The second-order valence-electron chi connectivity index (χ2n) is 6.69. The minimum absolute atomic E-state index is 0.0492. The van der Waals surface area contributed by atoms with Crippen molar-refractivity contribution in [1.82, 2.24) is 5.32 Å². The summed E-state index contributed by atoms with van der Waals surface area (Å²) in [6.07, 6.45) is -0.590. The maximum Gasteiger partial charge on any atom is 0.307 e. The van der Waals surface area contributed by atoms with Gasteiger partial charge in [0.25, 0.3) is 0 Å². The number of rotatable bonds is 5. The van der Waals surface area contributed by atoms with Crippen LogP contribution in [-0.4, -0.2) is 32.2 Å². The maximum atomic E-state index is 12.7. The predicted molar refractivity (Wildman–Crippen MR) is 99.2 cm³/mol. The van der Waals surface area contributed by atoms with Crippen molar-refractivity contribution in [3.8, 4) is 17.2 Å². The molecule has 0 aromatic heterocycles. The summed E-state index contributed by atoms with van der Waals surface area (Å²) < 4.78 is 21.7. The Bertz CT molecular complexity index is 879. The lowest BCUT2D eigenvalue weighted by Crippen LogP contribution is -2.32. The van der Waals surface area contributed by atoms with Crippen molar-refractivity contribution in [1.29, 1.82) is 0 Å². The van der Waals surface area contributed by atoms with Gasteiger partial charge in [0.05, 0.1) is 19.4 Å². The van der Waals surface area contributed by atoms with Crippen molar-refractivity contribution in [2.45, 2.75) is 19.1 Å². The number of hydrogen-bond donors (Lipinski definition) is 1. The molecule has 0 bridgehead atoms. The first-order chi connectivity index (χ1) is 13.6. The van der Waals surface area contributed by atoms with Crippen LogP contribution >= 0.6 is 0 Å². The molecule has 28 heavy (non-hydrogen) atoms. The monoisotopic (exact) mass is 383 g/mol. The minimum atomic E-state index is -0.640. The fraction of sp³-hybridized carbons (Fsp3) is 0.333. The third kappa shape index (κ3) is 3.74. The first-order valence-corrected chi connectivity index (χ1v) is 9.14. The Morgan fingerprint density at radius 3 is 2.61 bits per heavy atom. The average Bonchev–Trinajstić information content (AvgIpc) is 3.14. The highest BCUT2D eigenvalue weighted by molar-refractivity contribution is 5.87. The zero-order chi connectivity index (χ0) is 19.5. The van der Waals surface area contributed by atoms with Crippen molar-refractivity contribution in [2.75, 3.05) is 20.3 Å². The molecule has 0 spiro atoms. The Morgan fingerprint density at radius 2 is 1.86 bits per heavy atom. The molecule has 0 aliphatic carbocycles. The quantitative estimate of drug-likeness (QED) is 0.799. The number of methoxy groups -OCH3 is 1. The van der Waals surface area contributed by atoms with Crippen LogP contribution in [0.4, 0.5) is 0 Å². The predicted octanol–water partition coefficient (Wildman–Crippen LogP) is 2.39. The van der Waals surface area contributed by atoms with E-state index in [1.54, 1.807) is 25.3 Å². The first kappa shape index (κ1) is 18.2. The summed E-state index contributed by atoms with van der Waals surface area (Å²) in [7, 11) is 1.60. The number of nitrogens with one attached hydrogen (secondary N) is 1. The summed E-state index contributed by atoms with van der Waals surface area (Å²) >= 11 is 0. The van der Waals surface area contributed by atoms with Crippen molar-refractivity contribution < 1.29 is 28.5 Å². The molecule has 4 rings (SSSR count). The topological polar surface area (TPSA) is 83.1 Å². The van der Waals surface area contributed by atoms with E-state index in [4.69, 9.17) is 18.9 Å². The lowest BCUT2D eigenvalue weighted by atomic mass is 9.94. The lowest BCUT2D eigenvalue weighted by molar-refractivity contribution is -0.141. The number of ether oxygens (including phenoxy) is 4. The van der Waals surface area contributed by atoms with E-state index in [1.165, 1.54) is 0 Å². The van der Waals surface area contributed by atoms with Crippen molar-refractivity contribution in [2.24, 2.45) is 5.92 Å². The fourth-order valence-electron chi connectivity index (χ4n) is 3.39. The number of fused-ring (bicyclic) bond motifs is 1. The summed E-state index contributed by atoms with van der Waals surface area (Å²) in [5.41, 5.74) is 1.66. The van der Waals surface area contributed by atoms with Gasteiger partial charge in [0.15, 0.2) is 11.5 Å². The molecule has 2 atom stereocenters. The summed E-state index contributed by atoms with van der Waals surface area (Å²) in [6, 6.07) is 12.8. The molecule has 7 heteroatoms. The third-order valence-corrected chi connectivity index (χ3v) is 4.87. The largest absolute Gasteiger partial charge is 0.497 e. The van der Waals surface area contributed by atoms with Crippen LogP contribution < -0.4 is 19.5 Å². The average molecular weight is 383 g/mol. The highest BCUT2D eigenvalue weighted by Crippen LogP contribution is 2.40. The van der Waals surface area contributed by atoms with Crippen molar-refractivity contribution in [3.63, 3.8) is 0 Å². The van der Waals surface area contributed by atoms with E-state index >= 15 is 0 Å². The lowest BCUT2D eigenvalue weighted by Gasteiger charge is -2.22. The SMILES string of the molecule is COc1ccc(CNC(=O)[C@@H]2CC(=O)O[C@H]2c2ccc3c(c2)OCCO3)cc1. The van der Waals surface area contributed by atoms with Crippen LogP contribution in [0.3, 0.4) is 0 Å². The fourth-order valence-corrected chi connectivity index (χ4v) is 3.39. The van der Waals surface area contributed by atoms with Crippen LogP contribution in [0.15, 0.2) is 42.5 Å². The Labute approximate surface area is 162 Å². The number of benzene rings is 2. The van der Waals surface area contributed by atoms with Crippen LogP contribution in [0.25, 0.3) is 0 Å². The first-order valence-electron chi connectivity index (χ1n) is 9.14. The molecular weight excluding hydrogens is 362 g/mol. The van der Waals surface area contributed by atoms with Crippen LogP contribution in [-0.2, 0) is 20.9 Å². The van der Waals surface area contributed by atoms with Gasteiger partial charge in [-0.15, -0.1) is 0 Å². The minimum Gasteiger partial charge on any atom is -0.497 e. The van der Waals surface area contributed by atoms with Crippen LogP contribution in [0.2, 0.25) is 0 Å². The molecule has 146 valence electrons. The highest BCUT2D eigenvalue weighted by Gasteiger charge is 2.41. The molecular formula is C21H21NO6. The summed E-state index contributed by atoms with van der Waals surface area (Å²) in [6.45, 7) is 1.33. The van der Waals surface area contributed by atoms with Gasteiger partial charge in [-0.25, -0.2) is 0 Å². The van der Waals surface area contributed by atoms with Gasteiger partial charge >= 0.3 is 5.97 Å². The Balaban J connectivity index is 1.46. The van der Waals surface area contributed by atoms with Crippen LogP contribution in [0, 0.1) is 5.92 Å². The van der Waals surface area contributed by atoms with E-state index in [9.17, 15) is 9.59 Å². The van der Waals surface area contributed by atoms with Gasteiger partial charge in [0.1, 0.15) is 25.1 Å². The van der Waals surface area contributed by atoms with E-state index in [-0.39, 0.29) is 18.3 Å². The van der Waals surface area contributed by atoms with Gasteiger partial charge in [-0.1, -0.05) is 18.2 Å². The van der Waals surface area contributed by atoms with Gasteiger partial charge in [0.2, 0.25) is 5.91 Å². The Hall–Kier alpha value is -3.22. The molecule has 1 N–H and O–H groups in total. The summed E-state index contributed by atoms with van der Waals surface area (Å²) in [5.74, 6) is 0.812. The van der Waals surface area contributed by atoms with E-state index in [0.717, 1.165) is 16.9 Å². The molecule has 2 aromatic rings. The van der Waals surface area contributed by atoms with Gasteiger partial charge in [-0.05, 0) is 35.4 Å². The smallest absolute Gasteiger partial charge is 0.307 e. The van der Waals surface area contributed by atoms with E-state index in [0.29, 0.717) is 31.3 Å². The van der Waals surface area contributed by atoms with Gasteiger partial charge in [-0.2, -0.15) is 0 Å². The molecule has 2 aliphatic heterocycles. The van der Waals surface area contributed by atoms with Gasteiger partial charge in [0, 0.05) is 6.54 Å². The normalized spacial score (nSPS) is 20.4. The summed E-state index contributed by atoms with van der Waals surface area (Å²) in [5, 5.41) is 2.89.